The molecule has 6 rings (SSSR count). The summed E-state index contributed by atoms with van der Waals surface area (Å²) in [7, 11) is -0.662. The van der Waals surface area contributed by atoms with Crippen LogP contribution in [0.5, 0.6) is 0 Å². The molecular formula is C27H27F3N6O2S. The fraction of sp³-hybridized carbons (Fsp3) is 0.481. The van der Waals surface area contributed by atoms with Crippen molar-refractivity contribution in [2.75, 3.05) is 16.8 Å². The maximum absolute atomic E-state index is 14.8. The average molecular weight is 557 g/mol. The molecule has 2 saturated carbocycles. The molecule has 39 heavy (non-hydrogen) atoms. The predicted octanol–water partition coefficient (Wildman–Crippen LogP) is 4.76. The monoisotopic (exact) mass is 556 g/mol. The second-order valence-electron chi connectivity index (χ2n) is 11.2. The fourth-order valence-electron chi connectivity index (χ4n) is 6.28. The minimum atomic E-state index is -2.95. The second-order valence-corrected chi connectivity index (χ2v) is 13.6. The Morgan fingerprint density at radius 3 is 2.56 bits per heavy atom. The van der Waals surface area contributed by atoms with Gasteiger partial charge in [-0.15, -0.1) is 0 Å². The van der Waals surface area contributed by atoms with Gasteiger partial charge in [-0.05, 0) is 44.1 Å². The summed E-state index contributed by atoms with van der Waals surface area (Å²) in [6.07, 6.45) is 1.13. The van der Waals surface area contributed by atoms with E-state index in [1.54, 1.807) is 20.0 Å². The molecule has 204 valence electrons. The smallest absolute Gasteiger partial charge is 0.266 e. The first-order valence-electron chi connectivity index (χ1n) is 12.8. The van der Waals surface area contributed by atoms with Crippen molar-refractivity contribution in [3.8, 4) is 6.07 Å². The van der Waals surface area contributed by atoms with Gasteiger partial charge in [0.25, 0.3) is 12.0 Å². The zero-order valence-electron chi connectivity index (χ0n) is 21.5. The van der Waals surface area contributed by atoms with Gasteiger partial charge in [-0.1, -0.05) is 18.2 Å². The standard InChI is InChI=1S/C27H27F3N6O2S/c1-15(17-4-3-5-18(21(17)28)22(29)30)34-23-19-8-20(25(37)36(2)24(19)33-14-32-23)27(11-31)9-26(10-27)12-39(38,13-26)35-16-6-7-16/h3-5,8,14-16,22H,6-7,9-10,12-13H2,1-2H3,(H,32,33,34)/t15-,26?,27?,39?/m1/s1. The second kappa shape index (κ2) is 8.78. The van der Waals surface area contributed by atoms with Crippen LogP contribution in [0.1, 0.15) is 61.8 Å². The van der Waals surface area contributed by atoms with Gasteiger partial charge in [0.2, 0.25) is 0 Å². The number of anilines is 1. The minimum Gasteiger partial charge on any atom is -0.363 e. The molecule has 0 unspecified atom stereocenters. The van der Waals surface area contributed by atoms with Crippen molar-refractivity contribution < 1.29 is 17.4 Å². The molecule has 0 bridgehead atoms. The molecule has 1 aliphatic heterocycles. The van der Waals surface area contributed by atoms with Crippen LogP contribution in [-0.4, -0.2) is 36.3 Å². The van der Waals surface area contributed by atoms with E-state index in [4.69, 9.17) is 0 Å². The number of rotatable bonds is 6. The van der Waals surface area contributed by atoms with E-state index >= 15 is 0 Å². The summed E-state index contributed by atoms with van der Waals surface area (Å²) in [5.74, 6) is 0.213. The summed E-state index contributed by atoms with van der Waals surface area (Å²) < 4.78 is 60.1. The highest BCUT2D eigenvalue weighted by Gasteiger charge is 2.63. The first-order chi connectivity index (χ1) is 18.5. The number of hydrogen-bond donors (Lipinski definition) is 1. The van der Waals surface area contributed by atoms with E-state index in [0.29, 0.717) is 40.9 Å². The lowest BCUT2D eigenvalue weighted by Crippen LogP contribution is -2.63. The molecule has 1 N–H and O–H groups in total. The van der Waals surface area contributed by atoms with Crippen molar-refractivity contribution >= 4 is 26.6 Å². The van der Waals surface area contributed by atoms with Gasteiger partial charge in [-0.2, -0.15) is 5.26 Å². The molecule has 8 nitrogen and oxygen atoms in total. The Balaban J connectivity index is 1.34. The Morgan fingerprint density at radius 2 is 1.92 bits per heavy atom. The molecule has 1 saturated heterocycles. The first-order valence-corrected chi connectivity index (χ1v) is 14.7. The molecular weight excluding hydrogens is 529 g/mol. The van der Waals surface area contributed by atoms with E-state index in [2.05, 4.69) is 25.7 Å². The molecule has 2 aromatic heterocycles. The molecule has 0 radical (unpaired) electrons. The van der Waals surface area contributed by atoms with Gasteiger partial charge in [-0.25, -0.2) is 31.7 Å². The number of pyridine rings is 1. The normalized spacial score (nSPS) is 28.5. The minimum absolute atomic E-state index is 0.0456. The molecule has 0 amide bonds. The third kappa shape index (κ3) is 4.18. The molecule has 2 aliphatic carbocycles. The molecule has 3 aromatic rings. The molecule has 3 heterocycles. The van der Waals surface area contributed by atoms with Crippen LogP contribution in [0.3, 0.4) is 0 Å². The van der Waals surface area contributed by atoms with Crippen molar-refractivity contribution in [2.24, 2.45) is 16.8 Å². The first kappa shape index (κ1) is 25.8. The summed E-state index contributed by atoms with van der Waals surface area (Å²) >= 11 is 0. The summed E-state index contributed by atoms with van der Waals surface area (Å²) in [4.78, 5) is 21.9. The van der Waals surface area contributed by atoms with Crippen LogP contribution in [0.4, 0.5) is 19.0 Å². The lowest BCUT2D eigenvalue weighted by Gasteiger charge is -2.58. The maximum atomic E-state index is 14.8. The third-order valence-corrected chi connectivity index (χ3v) is 11.0. The molecule has 1 atom stereocenters. The number of hydrogen-bond acceptors (Lipinski definition) is 7. The summed E-state index contributed by atoms with van der Waals surface area (Å²) in [6.45, 7) is 1.62. The highest BCUT2D eigenvalue weighted by atomic mass is 32.2. The Kier molecular flexibility index (Phi) is 5.81. The zero-order chi connectivity index (χ0) is 27.7. The zero-order valence-corrected chi connectivity index (χ0v) is 22.3. The largest absolute Gasteiger partial charge is 0.363 e. The van der Waals surface area contributed by atoms with Crippen LogP contribution >= 0.6 is 0 Å². The Bertz CT molecular complexity index is 1720. The number of halogens is 3. The van der Waals surface area contributed by atoms with Crippen molar-refractivity contribution in [1.29, 1.82) is 5.26 Å². The van der Waals surface area contributed by atoms with E-state index in [0.717, 1.165) is 18.9 Å². The van der Waals surface area contributed by atoms with Crippen molar-refractivity contribution in [1.82, 2.24) is 14.5 Å². The molecule has 3 fully saturated rings. The number of nitrogens with one attached hydrogen (secondary N) is 1. The van der Waals surface area contributed by atoms with Gasteiger partial charge >= 0.3 is 0 Å². The SMILES string of the molecule is C[C@@H](Nc1ncnc2c1cc(C1(C#N)CC3(C1)CS(=O)(=NC1CC1)C3)c(=O)n2C)c1cccc(C(F)F)c1F. The van der Waals surface area contributed by atoms with Gasteiger partial charge in [0, 0.05) is 39.4 Å². The lowest BCUT2D eigenvalue weighted by atomic mass is 9.52. The van der Waals surface area contributed by atoms with Crippen LogP contribution in [-0.2, 0) is 22.2 Å². The maximum Gasteiger partial charge on any atom is 0.266 e. The van der Waals surface area contributed by atoms with Crippen LogP contribution in [0, 0.1) is 22.6 Å². The van der Waals surface area contributed by atoms with Crippen molar-refractivity contribution in [3.63, 3.8) is 0 Å². The third-order valence-electron chi connectivity index (χ3n) is 8.15. The van der Waals surface area contributed by atoms with E-state index in [1.807, 2.05) is 0 Å². The molecule has 1 spiro atoms. The number of aromatic nitrogens is 3. The number of nitrogens with zero attached hydrogens (tertiary/aromatic N) is 5. The van der Waals surface area contributed by atoms with E-state index in [1.165, 1.54) is 23.0 Å². The topological polar surface area (TPSA) is 113 Å². The molecule has 12 heteroatoms. The summed E-state index contributed by atoms with van der Waals surface area (Å²) in [5.41, 5.74) is -1.66. The molecule has 1 aromatic carbocycles. The predicted molar refractivity (Wildman–Crippen MR) is 140 cm³/mol. The quantitative estimate of drug-likeness (QED) is 0.468. The van der Waals surface area contributed by atoms with E-state index < -0.39 is 39.0 Å². The van der Waals surface area contributed by atoms with E-state index in [-0.39, 0.29) is 28.4 Å². The number of benzene rings is 1. The molecule has 3 aliphatic rings. The Hall–Kier alpha value is -3.46. The number of nitriles is 1. The van der Waals surface area contributed by atoms with E-state index in [9.17, 15) is 27.4 Å². The number of alkyl halides is 2. The summed E-state index contributed by atoms with van der Waals surface area (Å²) in [6, 6.07) is 7.29. The van der Waals surface area contributed by atoms with Gasteiger partial charge < -0.3 is 5.32 Å². The fourth-order valence-corrected chi connectivity index (χ4v) is 9.43. The number of fused-ring (bicyclic) bond motifs is 1. The van der Waals surface area contributed by atoms with Gasteiger partial charge in [-0.3, -0.25) is 9.36 Å². The van der Waals surface area contributed by atoms with Gasteiger partial charge in [0.15, 0.2) is 0 Å². The van der Waals surface area contributed by atoms with Crippen LogP contribution in [0.2, 0.25) is 0 Å². The van der Waals surface area contributed by atoms with Crippen molar-refractivity contribution in [3.05, 3.63) is 63.5 Å². The van der Waals surface area contributed by atoms with Gasteiger partial charge in [0.1, 0.15) is 23.6 Å². The number of aryl methyl sites for hydroxylation is 1. The van der Waals surface area contributed by atoms with Crippen LogP contribution in [0.15, 0.2) is 39.8 Å². The van der Waals surface area contributed by atoms with Gasteiger partial charge in [0.05, 0.1) is 34.5 Å². The average Bonchev–Trinajstić information content (AvgIpc) is 3.67. The van der Waals surface area contributed by atoms with Crippen molar-refractivity contribution in [2.45, 2.75) is 56.5 Å². The highest BCUT2D eigenvalue weighted by molar-refractivity contribution is 7.95. The highest BCUT2D eigenvalue weighted by Crippen LogP contribution is 2.61. The summed E-state index contributed by atoms with van der Waals surface area (Å²) in [5, 5.41) is 13.8. The Labute approximate surface area is 223 Å². The van der Waals surface area contributed by atoms with Crippen LogP contribution < -0.4 is 10.9 Å². The van der Waals surface area contributed by atoms with Crippen LogP contribution in [0.25, 0.3) is 11.0 Å². The Morgan fingerprint density at radius 1 is 1.23 bits per heavy atom. The lowest BCUT2D eigenvalue weighted by molar-refractivity contribution is 0.0914.